The summed E-state index contributed by atoms with van der Waals surface area (Å²) in [6.45, 7) is 4.66. The van der Waals surface area contributed by atoms with Crippen molar-refractivity contribution in [3.8, 4) is 5.75 Å². The lowest BCUT2D eigenvalue weighted by Gasteiger charge is -2.36. The molecule has 2 aromatic heterocycles. The Kier molecular flexibility index (Phi) is 5.44. The van der Waals surface area contributed by atoms with Gasteiger partial charge in [0.05, 0.1) is 17.8 Å². The van der Waals surface area contributed by atoms with Gasteiger partial charge in [-0.15, -0.1) is 0 Å². The van der Waals surface area contributed by atoms with Crippen LogP contribution in [0.25, 0.3) is 10.3 Å². The first-order chi connectivity index (χ1) is 14.4. The average Bonchev–Trinajstić information content (AvgIpc) is 3.11. The number of anilines is 2. The highest BCUT2D eigenvalue weighted by atomic mass is 32.1. The number of hydrogen-bond acceptors (Lipinski definition) is 8. The van der Waals surface area contributed by atoms with E-state index in [-0.39, 0.29) is 23.1 Å². The van der Waals surface area contributed by atoms with Crippen LogP contribution in [-0.2, 0) is 4.79 Å². The second kappa shape index (κ2) is 8.19. The van der Waals surface area contributed by atoms with E-state index in [2.05, 4.69) is 25.6 Å². The summed E-state index contributed by atoms with van der Waals surface area (Å²) in [5.41, 5.74) is 0.947. The molecule has 2 amide bonds. The third kappa shape index (κ3) is 4.15. The zero-order chi connectivity index (χ0) is 21.3. The van der Waals surface area contributed by atoms with E-state index in [1.54, 1.807) is 11.0 Å². The highest BCUT2D eigenvalue weighted by Gasteiger charge is 2.28. The molecular formula is C19H19FN6O3S. The van der Waals surface area contributed by atoms with E-state index in [1.165, 1.54) is 18.5 Å². The van der Waals surface area contributed by atoms with Gasteiger partial charge in [0.15, 0.2) is 10.8 Å². The number of nitrogens with one attached hydrogen (secondary N) is 2. The van der Waals surface area contributed by atoms with Crippen LogP contribution < -0.4 is 15.4 Å². The average molecular weight is 430 g/mol. The van der Waals surface area contributed by atoms with E-state index >= 15 is 0 Å². The number of aromatic nitrogens is 3. The maximum absolute atomic E-state index is 13.7. The van der Waals surface area contributed by atoms with Crippen molar-refractivity contribution in [2.24, 2.45) is 0 Å². The molecule has 0 atom stereocenters. The van der Waals surface area contributed by atoms with Crippen molar-refractivity contribution in [1.82, 2.24) is 25.2 Å². The van der Waals surface area contributed by atoms with E-state index in [9.17, 15) is 14.0 Å². The summed E-state index contributed by atoms with van der Waals surface area (Å²) in [7, 11) is 0. The van der Waals surface area contributed by atoms with Crippen molar-refractivity contribution in [3.63, 3.8) is 0 Å². The van der Waals surface area contributed by atoms with Gasteiger partial charge in [-0.2, -0.15) is 0 Å². The van der Waals surface area contributed by atoms with Crippen LogP contribution in [0.5, 0.6) is 5.75 Å². The molecule has 2 N–H and O–H groups in total. The van der Waals surface area contributed by atoms with Crippen LogP contribution in [0, 0.1) is 5.82 Å². The summed E-state index contributed by atoms with van der Waals surface area (Å²) >= 11 is 1.14. The lowest BCUT2D eigenvalue weighted by molar-refractivity contribution is -0.122. The Morgan fingerprint density at radius 1 is 1.37 bits per heavy atom. The van der Waals surface area contributed by atoms with Gasteiger partial charge >= 0.3 is 0 Å². The van der Waals surface area contributed by atoms with Crippen LogP contribution in [0.1, 0.15) is 23.6 Å². The first kappa shape index (κ1) is 20.0. The van der Waals surface area contributed by atoms with Gasteiger partial charge < -0.3 is 20.3 Å². The number of fused-ring (bicyclic) bond motifs is 1. The molecule has 1 saturated heterocycles. The van der Waals surface area contributed by atoms with Crippen molar-refractivity contribution < 1.29 is 18.7 Å². The summed E-state index contributed by atoms with van der Waals surface area (Å²) in [5.74, 6) is -0.0214. The predicted octanol–water partition coefficient (Wildman–Crippen LogP) is 2.33. The molecule has 0 bridgehead atoms. The molecule has 3 aromatic rings. The largest absolute Gasteiger partial charge is 0.489 e. The highest BCUT2D eigenvalue weighted by molar-refractivity contribution is 7.19. The number of hydrogen-bond donors (Lipinski definition) is 2. The summed E-state index contributed by atoms with van der Waals surface area (Å²) in [5, 5.41) is 6.19. The molecule has 9 nitrogen and oxygen atoms in total. The molecule has 11 heteroatoms. The number of halogens is 1. The van der Waals surface area contributed by atoms with E-state index < -0.39 is 5.82 Å². The Hall–Kier alpha value is -3.34. The summed E-state index contributed by atoms with van der Waals surface area (Å²) in [4.78, 5) is 38.0. The molecule has 0 spiro atoms. The number of ether oxygens (including phenoxy) is 1. The van der Waals surface area contributed by atoms with Gasteiger partial charge in [-0.25, -0.2) is 19.3 Å². The van der Waals surface area contributed by atoms with Crippen LogP contribution in [0.3, 0.4) is 0 Å². The topological polar surface area (TPSA) is 109 Å². The Bertz CT molecular complexity index is 1100. The zero-order valence-corrected chi connectivity index (χ0v) is 17.1. The quantitative estimate of drug-likeness (QED) is 0.554. The number of rotatable bonds is 7. The fourth-order valence-electron chi connectivity index (χ4n) is 2.96. The minimum atomic E-state index is -0.416. The number of benzene rings is 1. The van der Waals surface area contributed by atoms with Crippen molar-refractivity contribution in [2.75, 3.05) is 18.4 Å². The number of thiazole rings is 1. The monoisotopic (exact) mass is 430 g/mol. The lowest BCUT2D eigenvalue weighted by atomic mass is 10.1. The minimum absolute atomic E-state index is 0.0895. The van der Waals surface area contributed by atoms with Crippen molar-refractivity contribution in [1.29, 1.82) is 0 Å². The van der Waals surface area contributed by atoms with Crippen LogP contribution >= 0.6 is 11.3 Å². The van der Waals surface area contributed by atoms with E-state index in [0.29, 0.717) is 40.7 Å². The Morgan fingerprint density at radius 3 is 2.90 bits per heavy atom. The fourth-order valence-corrected chi connectivity index (χ4v) is 3.77. The number of carbonyl (C=O) groups excluding carboxylic acids is 2. The first-order valence-electron chi connectivity index (χ1n) is 9.28. The normalized spacial score (nSPS) is 13.9. The highest BCUT2D eigenvalue weighted by Crippen LogP contribution is 2.32. The number of likely N-dealkylation sites (tertiary alicyclic amines) is 1. The molecule has 0 unspecified atom stereocenters. The molecule has 4 rings (SSSR count). The molecule has 156 valence electrons. The van der Waals surface area contributed by atoms with Crippen molar-refractivity contribution in [3.05, 3.63) is 35.4 Å². The molecule has 3 heterocycles. The number of carbonyl (C=O) groups is 2. The Morgan fingerprint density at radius 2 is 2.17 bits per heavy atom. The summed E-state index contributed by atoms with van der Waals surface area (Å²) in [6.07, 6.45) is 1.97. The van der Waals surface area contributed by atoms with E-state index in [4.69, 9.17) is 4.74 Å². The third-order valence-corrected chi connectivity index (χ3v) is 5.31. The first-order valence-corrected chi connectivity index (χ1v) is 10.1. The fraction of sp³-hybridized carbons (Fsp3) is 0.316. The van der Waals surface area contributed by atoms with Gasteiger partial charge in [0.1, 0.15) is 28.2 Å². The zero-order valence-electron chi connectivity index (χ0n) is 16.3. The van der Waals surface area contributed by atoms with Gasteiger partial charge in [0.2, 0.25) is 6.41 Å². The molecule has 1 fully saturated rings. The van der Waals surface area contributed by atoms with Crippen LogP contribution in [0.2, 0.25) is 0 Å². The molecule has 0 aliphatic carbocycles. The smallest absolute Gasteiger partial charge is 0.280 e. The molecule has 1 aliphatic rings. The number of nitrogens with zero attached hydrogens (tertiary/aromatic N) is 4. The van der Waals surface area contributed by atoms with Crippen LogP contribution in [-0.4, -0.2) is 57.4 Å². The van der Waals surface area contributed by atoms with E-state index in [0.717, 1.165) is 17.7 Å². The second-order valence-electron chi connectivity index (χ2n) is 7.06. The maximum atomic E-state index is 13.7. The van der Waals surface area contributed by atoms with Crippen molar-refractivity contribution >= 4 is 45.5 Å². The van der Waals surface area contributed by atoms with Gasteiger partial charge in [-0.1, -0.05) is 11.3 Å². The Labute approximate surface area is 175 Å². The van der Waals surface area contributed by atoms with Gasteiger partial charge in [-0.05, 0) is 26.0 Å². The lowest BCUT2D eigenvalue weighted by Crippen LogP contribution is -2.58. The summed E-state index contributed by atoms with van der Waals surface area (Å²) < 4.78 is 19.3. The van der Waals surface area contributed by atoms with Gasteiger partial charge in [0, 0.05) is 19.2 Å². The van der Waals surface area contributed by atoms with E-state index in [1.807, 2.05) is 13.8 Å². The SMILES string of the molecule is CC(C)Oc1cc(F)ccc1Nc1ncnc2sc(C(=O)NC3CN(C=O)C3)nc12. The third-order valence-electron chi connectivity index (χ3n) is 4.34. The summed E-state index contributed by atoms with van der Waals surface area (Å²) in [6, 6.07) is 4.07. The number of amides is 2. The van der Waals surface area contributed by atoms with Crippen LogP contribution in [0.4, 0.5) is 15.9 Å². The maximum Gasteiger partial charge on any atom is 0.280 e. The second-order valence-corrected chi connectivity index (χ2v) is 8.03. The van der Waals surface area contributed by atoms with Crippen LogP contribution in [0.15, 0.2) is 24.5 Å². The molecule has 30 heavy (non-hydrogen) atoms. The molecule has 1 aliphatic heterocycles. The molecule has 1 aromatic carbocycles. The minimum Gasteiger partial charge on any atom is -0.489 e. The molecule has 0 saturated carbocycles. The standard InChI is InChI=1S/C19H19FN6O3S/c1-10(2)29-14-5-11(20)3-4-13(14)24-16-15-18(22-8-21-16)30-19(25-15)17(28)23-12-6-26(7-12)9-27/h3-5,8-10,12H,6-7H2,1-2H3,(H,23,28)(H,21,22,24). The predicted molar refractivity (Wildman–Crippen MR) is 110 cm³/mol. The molecular weight excluding hydrogens is 411 g/mol. The van der Waals surface area contributed by atoms with Gasteiger partial charge in [-0.3, -0.25) is 9.59 Å². The Balaban J connectivity index is 1.57. The van der Waals surface area contributed by atoms with Gasteiger partial charge in [0.25, 0.3) is 5.91 Å². The van der Waals surface area contributed by atoms with Crippen molar-refractivity contribution in [2.45, 2.75) is 26.0 Å². The molecule has 0 radical (unpaired) electrons.